The van der Waals surface area contributed by atoms with Gasteiger partial charge in [-0.05, 0) is 30.6 Å². The molecule has 2 fully saturated rings. The predicted molar refractivity (Wildman–Crippen MR) is 26.8 cm³/mol. The Balaban J connectivity index is 1.92. The van der Waals surface area contributed by atoms with Gasteiger partial charge in [0, 0.05) is 6.61 Å². The number of hydrogen-bond donors (Lipinski definition) is 1. The molecule has 3 unspecified atom stereocenters. The molecule has 40 valence electrons. The Hall–Kier alpha value is -0.0400. The average Bonchev–Trinajstić information content (AvgIpc) is 2.18. The predicted octanol–water partition coefficient (Wildman–Crippen LogP) is 0.635. The number of aliphatic hydroxyl groups is 1. The second-order valence-electron chi connectivity index (χ2n) is 2.84. The van der Waals surface area contributed by atoms with E-state index in [4.69, 9.17) is 5.11 Å². The van der Waals surface area contributed by atoms with E-state index in [-0.39, 0.29) is 0 Å². The van der Waals surface area contributed by atoms with Crippen LogP contribution in [0.3, 0.4) is 0 Å². The average molecular weight is 98.1 g/mol. The van der Waals surface area contributed by atoms with Gasteiger partial charge in [0.05, 0.1) is 0 Å². The van der Waals surface area contributed by atoms with E-state index in [9.17, 15) is 0 Å². The number of aliphatic hydroxyl groups excluding tert-OH is 1. The molecule has 1 heteroatoms. The minimum Gasteiger partial charge on any atom is -0.396 e. The van der Waals surface area contributed by atoms with Gasteiger partial charge < -0.3 is 5.11 Å². The quantitative estimate of drug-likeness (QED) is 0.510. The highest BCUT2D eigenvalue weighted by molar-refractivity contribution is 5.01. The minimum absolute atomic E-state index is 0.446. The summed E-state index contributed by atoms with van der Waals surface area (Å²) in [6.45, 7) is 0.446. The Kier molecular flexibility index (Phi) is 0.571. The topological polar surface area (TPSA) is 20.2 Å². The van der Waals surface area contributed by atoms with Gasteiger partial charge in [-0.1, -0.05) is 0 Å². The number of fused-ring (bicyclic) bond motifs is 1. The molecule has 0 aromatic carbocycles. The van der Waals surface area contributed by atoms with Crippen molar-refractivity contribution in [1.82, 2.24) is 0 Å². The van der Waals surface area contributed by atoms with Gasteiger partial charge in [-0.2, -0.15) is 0 Å². The van der Waals surface area contributed by atoms with Crippen molar-refractivity contribution in [2.75, 3.05) is 6.61 Å². The van der Waals surface area contributed by atoms with Gasteiger partial charge in [-0.15, -0.1) is 0 Å². The van der Waals surface area contributed by atoms with Crippen molar-refractivity contribution in [2.24, 2.45) is 17.8 Å². The van der Waals surface area contributed by atoms with E-state index in [0.29, 0.717) is 12.5 Å². The first-order valence-corrected chi connectivity index (χ1v) is 3.02. The van der Waals surface area contributed by atoms with Crippen molar-refractivity contribution in [1.29, 1.82) is 0 Å². The number of hydrogen-bond acceptors (Lipinski definition) is 1. The molecule has 1 N–H and O–H groups in total. The summed E-state index contributed by atoms with van der Waals surface area (Å²) in [7, 11) is 0. The molecule has 0 aromatic heterocycles. The maximum Gasteiger partial charge on any atom is 0.0462 e. The molecule has 0 aromatic rings. The molecule has 0 amide bonds. The van der Waals surface area contributed by atoms with Crippen molar-refractivity contribution >= 4 is 0 Å². The zero-order valence-electron chi connectivity index (χ0n) is 4.30. The molecule has 2 rings (SSSR count). The molecule has 0 heterocycles. The molecule has 0 saturated heterocycles. The zero-order chi connectivity index (χ0) is 4.85. The second-order valence-corrected chi connectivity index (χ2v) is 2.84. The summed E-state index contributed by atoms with van der Waals surface area (Å²) >= 11 is 0. The van der Waals surface area contributed by atoms with Gasteiger partial charge in [0.15, 0.2) is 0 Å². The third kappa shape index (κ3) is 0.367. The summed E-state index contributed by atoms with van der Waals surface area (Å²) in [4.78, 5) is 0. The lowest BCUT2D eigenvalue weighted by molar-refractivity contribution is 0.150. The van der Waals surface area contributed by atoms with E-state index in [1.165, 1.54) is 12.8 Å². The summed E-state index contributed by atoms with van der Waals surface area (Å²) in [6, 6.07) is 0. The normalized spacial score (nSPS) is 55.3. The Bertz CT molecular complexity index is 90.2. The Morgan fingerprint density at radius 3 is 2.43 bits per heavy atom. The van der Waals surface area contributed by atoms with Crippen LogP contribution in [0.15, 0.2) is 0 Å². The SMILES string of the molecule is OCC1CC2CC12. The van der Waals surface area contributed by atoms with Crippen LogP contribution in [-0.2, 0) is 0 Å². The lowest BCUT2D eigenvalue weighted by Crippen LogP contribution is -2.18. The minimum atomic E-state index is 0.446. The first-order chi connectivity index (χ1) is 3.42. The van der Waals surface area contributed by atoms with Crippen molar-refractivity contribution in [3.8, 4) is 0 Å². The van der Waals surface area contributed by atoms with E-state index in [2.05, 4.69) is 0 Å². The van der Waals surface area contributed by atoms with Gasteiger partial charge >= 0.3 is 0 Å². The largest absolute Gasteiger partial charge is 0.396 e. The maximum atomic E-state index is 8.58. The van der Waals surface area contributed by atoms with Crippen molar-refractivity contribution in [3.63, 3.8) is 0 Å². The summed E-state index contributed by atoms with van der Waals surface area (Å²) in [5.74, 6) is 2.73. The first kappa shape index (κ1) is 3.90. The highest BCUT2D eigenvalue weighted by Crippen LogP contribution is 2.59. The standard InChI is InChI=1S/C6H10O/c7-3-5-1-4-2-6(4)5/h4-7H,1-3H2. The third-order valence-electron chi connectivity index (χ3n) is 2.42. The van der Waals surface area contributed by atoms with E-state index in [1.807, 2.05) is 0 Å². The molecular formula is C6H10O. The highest BCUT2D eigenvalue weighted by Gasteiger charge is 2.52. The molecule has 2 aliphatic carbocycles. The highest BCUT2D eigenvalue weighted by atomic mass is 16.3. The molecule has 0 bridgehead atoms. The van der Waals surface area contributed by atoms with Gasteiger partial charge in [-0.25, -0.2) is 0 Å². The smallest absolute Gasteiger partial charge is 0.0462 e. The lowest BCUT2D eigenvalue weighted by Gasteiger charge is -2.21. The first-order valence-electron chi connectivity index (χ1n) is 3.02. The molecular weight excluding hydrogens is 88.1 g/mol. The fourth-order valence-corrected chi connectivity index (χ4v) is 1.70. The van der Waals surface area contributed by atoms with Crippen LogP contribution in [0.2, 0.25) is 0 Å². The van der Waals surface area contributed by atoms with Gasteiger partial charge in [0.2, 0.25) is 0 Å². The Morgan fingerprint density at radius 2 is 2.29 bits per heavy atom. The van der Waals surface area contributed by atoms with Crippen LogP contribution in [0.25, 0.3) is 0 Å². The lowest BCUT2D eigenvalue weighted by atomic mass is 9.86. The number of rotatable bonds is 1. The monoisotopic (exact) mass is 98.1 g/mol. The van der Waals surface area contributed by atoms with Gasteiger partial charge in [0.25, 0.3) is 0 Å². The molecule has 1 nitrogen and oxygen atoms in total. The molecule has 0 spiro atoms. The zero-order valence-corrected chi connectivity index (χ0v) is 4.30. The van der Waals surface area contributed by atoms with Gasteiger partial charge in [0.1, 0.15) is 0 Å². The Labute approximate surface area is 43.3 Å². The summed E-state index contributed by atoms with van der Waals surface area (Å²) in [6.07, 6.45) is 2.74. The van der Waals surface area contributed by atoms with E-state index < -0.39 is 0 Å². The molecule has 3 atom stereocenters. The van der Waals surface area contributed by atoms with Gasteiger partial charge in [-0.3, -0.25) is 0 Å². The van der Waals surface area contributed by atoms with Crippen LogP contribution < -0.4 is 0 Å². The molecule has 0 aliphatic heterocycles. The van der Waals surface area contributed by atoms with Crippen molar-refractivity contribution in [3.05, 3.63) is 0 Å². The second kappa shape index (κ2) is 1.03. The summed E-state index contributed by atoms with van der Waals surface area (Å²) < 4.78 is 0. The molecule has 2 aliphatic rings. The molecule has 2 saturated carbocycles. The molecule has 0 radical (unpaired) electrons. The third-order valence-corrected chi connectivity index (χ3v) is 2.42. The van der Waals surface area contributed by atoms with E-state index in [0.717, 1.165) is 11.8 Å². The molecule has 7 heavy (non-hydrogen) atoms. The summed E-state index contributed by atoms with van der Waals surface area (Å²) in [5.41, 5.74) is 0. The van der Waals surface area contributed by atoms with Crippen molar-refractivity contribution in [2.45, 2.75) is 12.8 Å². The van der Waals surface area contributed by atoms with Crippen molar-refractivity contribution < 1.29 is 5.11 Å². The van der Waals surface area contributed by atoms with Crippen LogP contribution >= 0.6 is 0 Å². The van der Waals surface area contributed by atoms with Crippen LogP contribution in [-0.4, -0.2) is 11.7 Å². The summed E-state index contributed by atoms with van der Waals surface area (Å²) in [5, 5.41) is 8.58. The van der Waals surface area contributed by atoms with Crippen LogP contribution in [0.1, 0.15) is 12.8 Å². The van der Waals surface area contributed by atoms with Crippen LogP contribution in [0, 0.1) is 17.8 Å². The maximum absolute atomic E-state index is 8.58. The van der Waals surface area contributed by atoms with E-state index in [1.54, 1.807) is 0 Å². The fourth-order valence-electron chi connectivity index (χ4n) is 1.70. The Morgan fingerprint density at radius 1 is 1.43 bits per heavy atom. The van der Waals surface area contributed by atoms with E-state index >= 15 is 0 Å². The fraction of sp³-hybridized carbons (Fsp3) is 1.00. The van der Waals surface area contributed by atoms with Crippen LogP contribution in [0.5, 0.6) is 0 Å². The van der Waals surface area contributed by atoms with Crippen LogP contribution in [0.4, 0.5) is 0 Å².